The molecular formula is C17H7Cl2F3N2O. The molecule has 0 bridgehead atoms. The lowest BCUT2D eigenvalue weighted by molar-refractivity contribution is 0.450. The monoisotopic (exact) mass is 382 g/mol. The van der Waals surface area contributed by atoms with Crippen LogP contribution in [0.4, 0.5) is 13.2 Å². The SMILES string of the molecule is N#Cc1cn(Cc2ccc(Cl)c(Cl)c2)c2c(F)c(F)c(F)cc2c1=O. The van der Waals surface area contributed by atoms with Gasteiger partial charge in [-0.05, 0) is 23.8 Å². The Labute approximate surface area is 149 Å². The molecule has 0 N–H and O–H groups in total. The van der Waals surface area contributed by atoms with Crippen LogP contribution in [0.25, 0.3) is 10.9 Å². The predicted molar refractivity (Wildman–Crippen MR) is 88.4 cm³/mol. The Bertz CT molecular complexity index is 1120. The summed E-state index contributed by atoms with van der Waals surface area (Å²) in [5.41, 5.74) is -1.07. The molecule has 25 heavy (non-hydrogen) atoms. The van der Waals surface area contributed by atoms with Crippen LogP contribution in [0.5, 0.6) is 0 Å². The second kappa shape index (κ2) is 6.43. The van der Waals surface area contributed by atoms with Gasteiger partial charge in [-0.1, -0.05) is 29.3 Å². The number of aromatic nitrogens is 1. The van der Waals surface area contributed by atoms with Gasteiger partial charge in [-0.25, -0.2) is 13.2 Å². The zero-order valence-electron chi connectivity index (χ0n) is 12.3. The molecule has 2 aromatic carbocycles. The maximum atomic E-state index is 14.3. The molecule has 0 aliphatic rings. The van der Waals surface area contributed by atoms with Gasteiger partial charge < -0.3 is 4.57 Å². The van der Waals surface area contributed by atoms with Gasteiger partial charge in [0, 0.05) is 12.7 Å². The third kappa shape index (κ3) is 2.97. The Morgan fingerprint density at radius 3 is 2.44 bits per heavy atom. The van der Waals surface area contributed by atoms with E-state index in [0.29, 0.717) is 16.7 Å². The Hall–Kier alpha value is -2.49. The molecule has 1 heterocycles. The highest BCUT2D eigenvalue weighted by Crippen LogP contribution is 2.25. The van der Waals surface area contributed by atoms with Crippen molar-refractivity contribution in [3.8, 4) is 6.07 Å². The number of hydrogen-bond donors (Lipinski definition) is 0. The van der Waals surface area contributed by atoms with Crippen molar-refractivity contribution in [2.45, 2.75) is 6.54 Å². The highest BCUT2D eigenvalue weighted by atomic mass is 35.5. The molecule has 0 aliphatic carbocycles. The Morgan fingerprint density at radius 2 is 1.80 bits per heavy atom. The van der Waals surface area contributed by atoms with Crippen LogP contribution in [-0.4, -0.2) is 4.57 Å². The maximum absolute atomic E-state index is 14.3. The van der Waals surface area contributed by atoms with Crippen molar-refractivity contribution in [1.82, 2.24) is 4.57 Å². The topological polar surface area (TPSA) is 45.8 Å². The lowest BCUT2D eigenvalue weighted by Gasteiger charge is -2.13. The lowest BCUT2D eigenvalue weighted by Crippen LogP contribution is -2.16. The molecule has 0 aliphatic heterocycles. The van der Waals surface area contributed by atoms with Crippen LogP contribution in [0.3, 0.4) is 0 Å². The van der Waals surface area contributed by atoms with Gasteiger partial charge in [-0.15, -0.1) is 0 Å². The number of pyridine rings is 1. The number of nitriles is 1. The standard InChI is InChI=1S/C17H7Cl2F3N2O/c18-11-2-1-8(3-12(11)19)6-24-7-9(5-23)17(25)10-4-13(20)14(21)15(22)16(10)24/h1-4,7H,6H2. The molecule has 0 saturated heterocycles. The van der Waals surface area contributed by atoms with Crippen LogP contribution >= 0.6 is 23.2 Å². The van der Waals surface area contributed by atoms with Crippen LogP contribution in [0.2, 0.25) is 10.0 Å². The quantitative estimate of drug-likeness (QED) is 0.605. The van der Waals surface area contributed by atoms with E-state index in [4.69, 9.17) is 28.5 Å². The van der Waals surface area contributed by atoms with Gasteiger partial charge in [0.15, 0.2) is 17.5 Å². The summed E-state index contributed by atoms with van der Waals surface area (Å²) in [6.07, 6.45) is 1.09. The largest absolute Gasteiger partial charge is 0.339 e. The van der Waals surface area contributed by atoms with E-state index in [1.165, 1.54) is 12.1 Å². The smallest absolute Gasteiger partial charge is 0.207 e. The summed E-state index contributed by atoms with van der Waals surface area (Å²) in [7, 11) is 0. The summed E-state index contributed by atoms with van der Waals surface area (Å²) >= 11 is 11.8. The van der Waals surface area contributed by atoms with Crippen molar-refractivity contribution in [1.29, 1.82) is 5.26 Å². The number of hydrogen-bond acceptors (Lipinski definition) is 2. The van der Waals surface area contributed by atoms with Gasteiger partial charge in [0.2, 0.25) is 5.43 Å². The molecule has 3 nitrogen and oxygen atoms in total. The molecular weight excluding hydrogens is 376 g/mol. The number of fused-ring (bicyclic) bond motifs is 1. The van der Waals surface area contributed by atoms with Gasteiger partial charge in [0.05, 0.1) is 20.9 Å². The van der Waals surface area contributed by atoms with Gasteiger partial charge in [0.1, 0.15) is 11.6 Å². The van der Waals surface area contributed by atoms with E-state index in [0.717, 1.165) is 10.8 Å². The molecule has 0 radical (unpaired) electrons. The van der Waals surface area contributed by atoms with Gasteiger partial charge in [-0.3, -0.25) is 4.79 Å². The molecule has 3 rings (SSSR count). The molecule has 0 fully saturated rings. The molecule has 126 valence electrons. The molecule has 1 aromatic heterocycles. The van der Waals surface area contributed by atoms with Crippen LogP contribution < -0.4 is 5.43 Å². The molecule has 0 saturated carbocycles. The first-order valence-corrected chi connectivity index (χ1v) is 7.63. The summed E-state index contributed by atoms with van der Waals surface area (Å²) in [6, 6.07) is 6.88. The number of halogens is 5. The molecule has 0 amide bonds. The average molecular weight is 383 g/mol. The van der Waals surface area contributed by atoms with Crippen LogP contribution in [-0.2, 0) is 6.54 Å². The molecule has 8 heteroatoms. The van der Waals surface area contributed by atoms with Crippen molar-refractivity contribution in [3.63, 3.8) is 0 Å². The Morgan fingerprint density at radius 1 is 1.08 bits per heavy atom. The average Bonchev–Trinajstić information content (AvgIpc) is 2.58. The second-order valence-corrected chi connectivity index (χ2v) is 6.06. The normalized spacial score (nSPS) is 10.9. The third-order valence-electron chi connectivity index (χ3n) is 3.66. The zero-order chi connectivity index (χ0) is 18.3. The Balaban J connectivity index is 2.32. The summed E-state index contributed by atoms with van der Waals surface area (Å²) in [5, 5.41) is 9.22. The van der Waals surface area contributed by atoms with Crippen molar-refractivity contribution in [2.75, 3.05) is 0 Å². The summed E-state index contributed by atoms with van der Waals surface area (Å²) in [6.45, 7) is -0.0374. The first-order valence-electron chi connectivity index (χ1n) is 6.88. The van der Waals surface area contributed by atoms with E-state index < -0.39 is 33.8 Å². The fourth-order valence-electron chi connectivity index (χ4n) is 2.50. The zero-order valence-corrected chi connectivity index (χ0v) is 13.8. The summed E-state index contributed by atoms with van der Waals surface area (Å²) in [4.78, 5) is 12.1. The third-order valence-corrected chi connectivity index (χ3v) is 4.39. The van der Waals surface area contributed by atoms with E-state index in [9.17, 15) is 18.0 Å². The molecule has 0 unspecified atom stereocenters. The summed E-state index contributed by atoms with van der Waals surface area (Å²) < 4.78 is 42.6. The number of nitrogens with zero attached hydrogens (tertiary/aromatic N) is 2. The lowest BCUT2D eigenvalue weighted by atomic mass is 10.1. The number of rotatable bonds is 2. The number of benzene rings is 2. The van der Waals surface area contributed by atoms with Crippen LogP contribution in [0.1, 0.15) is 11.1 Å². The van der Waals surface area contributed by atoms with Crippen LogP contribution in [0, 0.1) is 28.8 Å². The fraction of sp³-hybridized carbons (Fsp3) is 0.0588. The first-order chi connectivity index (χ1) is 11.8. The van der Waals surface area contributed by atoms with Gasteiger partial charge in [-0.2, -0.15) is 5.26 Å². The molecule has 3 aromatic rings. The van der Waals surface area contributed by atoms with E-state index in [1.54, 1.807) is 12.1 Å². The Kier molecular flexibility index (Phi) is 4.46. The highest BCUT2D eigenvalue weighted by Gasteiger charge is 2.20. The van der Waals surface area contributed by atoms with E-state index in [2.05, 4.69) is 0 Å². The highest BCUT2D eigenvalue weighted by molar-refractivity contribution is 6.42. The minimum atomic E-state index is -1.69. The molecule has 0 atom stereocenters. The first kappa shape index (κ1) is 17.3. The summed E-state index contributed by atoms with van der Waals surface area (Å²) in [5.74, 6) is -4.70. The minimum Gasteiger partial charge on any atom is -0.339 e. The van der Waals surface area contributed by atoms with Crippen molar-refractivity contribution in [3.05, 3.63) is 79.3 Å². The predicted octanol–water partition coefficient (Wildman–Crippen LogP) is 4.65. The van der Waals surface area contributed by atoms with Crippen molar-refractivity contribution >= 4 is 34.1 Å². The van der Waals surface area contributed by atoms with E-state index in [1.807, 2.05) is 0 Å². The molecule has 0 spiro atoms. The van der Waals surface area contributed by atoms with Gasteiger partial charge >= 0.3 is 0 Å². The van der Waals surface area contributed by atoms with Crippen LogP contribution in [0.15, 0.2) is 35.3 Å². The van der Waals surface area contributed by atoms with Crippen molar-refractivity contribution in [2.24, 2.45) is 0 Å². The fourth-order valence-corrected chi connectivity index (χ4v) is 2.82. The maximum Gasteiger partial charge on any atom is 0.207 e. The van der Waals surface area contributed by atoms with Gasteiger partial charge in [0.25, 0.3) is 0 Å². The minimum absolute atomic E-state index is 0.0374. The van der Waals surface area contributed by atoms with E-state index in [-0.39, 0.29) is 17.1 Å². The van der Waals surface area contributed by atoms with E-state index >= 15 is 0 Å². The second-order valence-electron chi connectivity index (χ2n) is 5.24. The van der Waals surface area contributed by atoms with Crippen molar-refractivity contribution < 1.29 is 13.2 Å².